The summed E-state index contributed by atoms with van der Waals surface area (Å²) in [4.78, 5) is 30.2. The number of amides is 1. The van der Waals surface area contributed by atoms with Gasteiger partial charge in [0.2, 0.25) is 0 Å². The molecule has 1 N–H and O–H groups in total. The summed E-state index contributed by atoms with van der Waals surface area (Å²) in [6.07, 6.45) is 1.58. The van der Waals surface area contributed by atoms with Crippen LogP contribution in [0.25, 0.3) is 21.7 Å². The van der Waals surface area contributed by atoms with Crippen molar-refractivity contribution in [1.29, 1.82) is 0 Å². The zero-order valence-electron chi connectivity index (χ0n) is 17.0. The van der Waals surface area contributed by atoms with Gasteiger partial charge in [0, 0.05) is 30.4 Å². The molecule has 0 saturated carbocycles. The first-order chi connectivity index (χ1) is 14.4. The summed E-state index contributed by atoms with van der Waals surface area (Å²) >= 11 is 1.42. The molecule has 0 atom stereocenters. The molecule has 0 aliphatic heterocycles. The smallest absolute Gasteiger partial charge is 0.257 e. The lowest BCUT2D eigenvalue weighted by molar-refractivity contribution is 0.102. The van der Waals surface area contributed by atoms with E-state index in [2.05, 4.69) is 29.6 Å². The number of thiazole rings is 1. The highest BCUT2D eigenvalue weighted by Crippen LogP contribution is 2.39. The van der Waals surface area contributed by atoms with Crippen molar-refractivity contribution < 1.29 is 4.79 Å². The summed E-state index contributed by atoms with van der Waals surface area (Å²) < 4.78 is 1.42. The van der Waals surface area contributed by atoms with Gasteiger partial charge in [-0.1, -0.05) is 71.0 Å². The number of hydrogen-bond acceptors (Lipinski definition) is 4. The van der Waals surface area contributed by atoms with Gasteiger partial charge in [-0.3, -0.25) is 14.9 Å². The first-order valence-electron chi connectivity index (χ1n) is 9.53. The lowest BCUT2D eigenvalue weighted by Gasteiger charge is -2.04. The molecule has 150 valence electrons. The van der Waals surface area contributed by atoms with Crippen molar-refractivity contribution in [2.45, 2.75) is 13.8 Å². The number of aromatic nitrogens is 2. The standard InChI is InChI=1S/C24H21N3O2S/c1-15-4-8-17(9-5-15)21-22(18-10-6-16(2)7-11-18)30-24(25-21)26-23(29)19-12-13-27(3)20(28)14-19/h4-14H,1-3H3,(H,25,26,29). The normalized spacial score (nSPS) is 10.8. The minimum atomic E-state index is -0.354. The minimum Gasteiger partial charge on any atom is -0.319 e. The second kappa shape index (κ2) is 8.08. The van der Waals surface area contributed by atoms with Gasteiger partial charge in [0.05, 0.1) is 10.6 Å². The van der Waals surface area contributed by atoms with Crippen LogP contribution < -0.4 is 10.9 Å². The molecule has 2 heterocycles. The third-order valence-corrected chi connectivity index (χ3v) is 5.87. The molecule has 0 unspecified atom stereocenters. The van der Waals surface area contributed by atoms with Crippen LogP contribution in [0.2, 0.25) is 0 Å². The first kappa shape index (κ1) is 19.8. The molecule has 0 bridgehead atoms. The largest absolute Gasteiger partial charge is 0.319 e. The molecule has 0 aliphatic rings. The van der Waals surface area contributed by atoms with Gasteiger partial charge in [0.25, 0.3) is 11.5 Å². The van der Waals surface area contributed by atoms with Gasteiger partial charge in [-0.05, 0) is 25.5 Å². The number of hydrogen-bond donors (Lipinski definition) is 1. The van der Waals surface area contributed by atoms with E-state index in [4.69, 9.17) is 4.98 Å². The van der Waals surface area contributed by atoms with Crippen molar-refractivity contribution in [2.24, 2.45) is 7.05 Å². The number of aryl methyl sites for hydroxylation is 3. The number of benzene rings is 2. The number of nitrogens with zero attached hydrogens (tertiary/aromatic N) is 2. The number of anilines is 1. The summed E-state index contributed by atoms with van der Waals surface area (Å²) in [5.74, 6) is -0.354. The SMILES string of the molecule is Cc1ccc(-c2nc(NC(=O)c3ccn(C)c(=O)c3)sc2-c2ccc(C)cc2)cc1. The lowest BCUT2D eigenvalue weighted by atomic mass is 10.0. The van der Waals surface area contributed by atoms with Crippen LogP contribution in [-0.2, 0) is 7.05 Å². The van der Waals surface area contributed by atoms with Crippen molar-refractivity contribution in [3.05, 3.63) is 93.9 Å². The van der Waals surface area contributed by atoms with Crippen LogP contribution in [0.1, 0.15) is 21.5 Å². The fourth-order valence-corrected chi connectivity index (χ4v) is 4.03. The first-order valence-corrected chi connectivity index (χ1v) is 10.4. The molecule has 2 aromatic carbocycles. The third-order valence-electron chi connectivity index (χ3n) is 4.85. The van der Waals surface area contributed by atoms with Crippen LogP contribution in [0, 0.1) is 13.8 Å². The van der Waals surface area contributed by atoms with E-state index < -0.39 is 0 Å². The van der Waals surface area contributed by atoms with E-state index in [1.165, 1.54) is 33.1 Å². The second-order valence-electron chi connectivity index (χ2n) is 7.25. The van der Waals surface area contributed by atoms with Crippen molar-refractivity contribution in [3.8, 4) is 21.7 Å². The Morgan fingerprint density at radius 1 is 0.933 bits per heavy atom. The Kier molecular flexibility index (Phi) is 5.33. The Balaban J connectivity index is 1.73. The monoisotopic (exact) mass is 415 g/mol. The number of carbonyl (C=O) groups excluding carboxylic acids is 1. The van der Waals surface area contributed by atoms with Gasteiger partial charge < -0.3 is 4.57 Å². The molecule has 4 aromatic rings. The fourth-order valence-electron chi connectivity index (χ4n) is 3.04. The molecular weight excluding hydrogens is 394 g/mol. The summed E-state index contributed by atoms with van der Waals surface area (Å²) in [6.45, 7) is 4.09. The summed E-state index contributed by atoms with van der Waals surface area (Å²) in [5.41, 5.74) is 5.28. The maximum atomic E-state index is 12.7. The van der Waals surface area contributed by atoms with Crippen LogP contribution in [0.15, 0.2) is 71.7 Å². The van der Waals surface area contributed by atoms with E-state index in [1.807, 2.05) is 38.1 Å². The van der Waals surface area contributed by atoms with Crippen LogP contribution in [-0.4, -0.2) is 15.5 Å². The molecule has 0 saturated heterocycles. The van der Waals surface area contributed by atoms with Gasteiger partial charge in [-0.15, -0.1) is 0 Å². The highest BCUT2D eigenvalue weighted by molar-refractivity contribution is 7.19. The van der Waals surface area contributed by atoms with Crippen LogP contribution in [0.5, 0.6) is 0 Å². The minimum absolute atomic E-state index is 0.234. The zero-order valence-corrected chi connectivity index (χ0v) is 17.8. The molecule has 1 amide bonds. The summed E-state index contributed by atoms with van der Waals surface area (Å²) in [6, 6.07) is 19.4. The van der Waals surface area contributed by atoms with Crippen LogP contribution in [0.3, 0.4) is 0 Å². The Labute approximate surface area is 178 Å². The van der Waals surface area contributed by atoms with E-state index in [1.54, 1.807) is 19.3 Å². The molecule has 0 fully saturated rings. The Hall–Kier alpha value is -3.51. The predicted molar refractivity (Wildman–Crippen MR) is 122 cm³/mol. The van der Waals surface area contributed by atoms with Gasteiger partial charge in [0.1, 0.15) is 0 Å². The summed E-state index contributed by atoms with van der Waals surface area (Å²) in [7, 11) is 1.65. The topological polar surface area (TPSA) is 64.0 Å². The third kappa shape index (κ3) is 4.09. The maximum Gasteiger partial charge on any atom is 0.257 e. The van der Waals surface area contributed by atoms with Gasteiger partial charge in [0.15, 0.2) is 5.13 Å². The van der Waals surface area contributed by atoms with Crippen molar-refractivity contribution >= 4 is 22.4 Å². The molecule has 0 aliphatic carbocycles. The van der Waals surface area contributed by atoms with Crippen LogP contribution >= 0.6 is 11.3 Å². The molecule has 2 aromatic heterocycles. The van der Waals surface area contributed by atoms with Crippen LogP contribution in [0.4, 0.5) is 5.13 Å². The number of pyridine rings is 1. The van der Waals surface area contributed by atoms with Crippen molar-refractivity contribution in [1.82, 2.24) is 9.55 Å². The molecule has 0 spiro atoms. The molecule has 0 radical (unpaired) electrons. The molecule has 6 heteroatoms. The quantitative estimate of drug-likeness (QED) is 0.508. The Morgan fingerprint density at radius 2 is 1.53 bits per heavy atom. The average molecular weight is 416 g/mol. The summed E-state index contributed by atoms with van der Waals surface area (Å²) in [5, 5.41) is 3.34. The van der Waals surface area contributed by atoms with E-state index in [-0.39, 0.29) is 11.5 Å². The highest BCUT2D eigenvalue weighted by atomic mass is 32.1. The Bertz CT molecular complexity index is 1210. The predicted octanol–water partition coefficient (Wildman–Crippen LogP) is 5.04. The lowest BCUT2D eigenvalue weighted by Crippen LogP contribution is -2.19. The molecule has 4 rings (SSSR count). The molecule has 30 heavy (non-hydrogen) atoms. The zero-order chi connectivity index (χ0) is 21.3. The highest BCUT2D eigenvalue weighted by Gasteiger charge is 2.17. The fraction of sp³-hybridized carbons (Fsp3) is 0.125. The van der Waals surface area contributed by atoms with E-state index in [0.717, 1.165) is 21.7 Å². The Morgan fingerprint density at radius 3 is 2.13 bits per heavy atom. The van der Waals surface area contributed by atoms with Crippen molar-refractivity contribution in [2.75, 3.05) is 5.32 Å². The average Bonchev–Trinajstić information content (AvgIpc) is 3.14. The number of carbonyl (C=O) groups is 1. The number of rotatable bonds is 4. The van der Waals surface area contributed by atoms with Gasteiger partial charge in [-0.25, -0.2) is 4.98 Å². The van der Waals surface area contributed by atoms with E-state index in [9.17, 15) is 9.59 Å². The molecular formula is C24H21N3O2S. The van der Waals surface area contributed by atoms with Gasteiger partial charge in [-0.2, -0.15) is 0 Å². The van der Waals surface area contributed by atoms with E-state index >= 15 is 0 Å². The maximum absolute atomic E-state index is 12.7. The number of nitrogens with one attached hydrogen (secondary N) is 1. The van der Waals surface area contributed by atoms with E-state index in [0.29, 0.717) is 10.7 Å². The second-order valence-corrected chi connectivity index (χ2v) is 8.25. The van der Waals surface area contributed by atoms with Crippen molar-refractivity contribution in [3.63, 3.8) is 0 Å². The molecule has 5 nitrogen and oxygen atoms in total. The van der Waals surface area contributed by atoms with Gasteiger partial charge >= 0.3 is 0 Å².